The first kappa shape index (κ1) is 17.3. The molecule has 26 heavy (non-hydrogen) atoms. The van der Waals surface area contributed by atoms with Gasteiger partial charge in [0.1, 0.15) is 0 Å². The molecule has 0 aliphatic rings. The van der Waals surface area contributed by atoms with Gasteiger partial charge in [-0.1, -0.05) is 42.1 Å². The average molecular weight is 429 g/mol. The summed E-state index contributed by atoms with van der Waals surface area (Å²) >= 11 is 5.48. The molecule has 132 valence electrons. The highest BCUT2D eigenvalue weighted by molar-refractivity contribution is 9.11. The number of fused-ring (bicyclic) bond motifs is 2. The lowest BCUT2D eigenvalue weighted by Gasteiger charge is -2.19. The van der Waals surface area contributed by atoms with Crippen LogP contribution in [0.2, 0.25) is 0 Å². The zero-order valence-corrected chi connectivity index (χ0v) is 16.5. The van der Waals surface area contributed by atoms with Crippen LogP contribution in [0.4, 0.5) is 5.69 Å². The maximum absolute atomic E-state index is 11.9. The normalized spacial score (nSPS) is 11.4. The first-order chi connectivity index (χ1) is 12.4. The largest absolute Gasteiger partial charge is 0.871 e. The number of hydrogen-bond donors (Lipinski definition) is 2. The molecule has 1 aromatic heterocycles. The molecule has 0 bridgehead atoms. The van der Waals surface area contributed by atoms with E-state index in [9.17, 15) is 15.5 Å². The lowest BCUT2D eigenvalue weighted by Crippen LogP contribution is -2.13. The van der Waals surface area contributed by atoms with Crippen molar-refractivity contribution in [3.8, 4) is 16.9 Å². The molecule has 0 fully saturated rings. The quantitative estimate of drug-likeness (QED) is 0.398. The molecule has 4 nitrogen and oxygen atoms in total. The van der Waals surface area contributed by atoms with Crippen LogP contribution in [0, 0.1) is 13.8 Å². The van der Waals surface area contributed by atoms with Gasteiger partial charge in [-0.2, -0.15) is 0 Å². The Kier molecular flexibility index (Phi) is 4.16. The van der Waals surface area contributed by atoms with E-state index < -0.39 is 5.75 Å². The zero-order chi connectivity index (χ0) is 18.6. The minimum atomic E-state index is -0.449. The van der Waals surface area contributed by atoms with E-state index in [-0.39, 0.29) is 10.9 Å². The van der Waals surface area contributed by atoms with Gasteiger partial charge in [-0.15, -0.1) is 16.6 Å². The van der Waals surface area contributed by atoms with Crippen LogP contribution in [-0.4, -0.2) is 10.4 Å². The highest BCUT2D eigenvalue weighted by atomic mass is 79.9. The molecule has 0 saturated heterocycles. The Morgan fingerprint density at radius 2 is 1.73 bits per heavy atom. The molecule has 0 saturated carbocycles. The van der Waals surface area contributed by atoms with Crippen molar-refractivity contribution >= 4 is 53.8 Å². The van der Waals surface area contributed by atoms with Gasteiger partial charge in [0.25, 0.3) is 0 Å². The van der Waals surface area contributed by atoms with Crippen molar-refractivity contribution in [2.75, 3.05) is 5.23 Å². The second-order valence-electron chi connectivity index (χ2n) is 6.19. The van der Waals surface area contributed by atoms with Gasteiger partial charge in [-0.25, -0.2) is 0 Å². The van der Waals surface area contributed by atoms with Gasteiger partial charge in [0.05, 0.1) is 10.4 Å². The molecule has 0 radical (unpaired) electrons. The van der Waals surface area contributed by atoms with Crippen molar-refractivity contribution in [3.63, 3.8) is 0 Å². The lowest BCUT2D eigenvalue weighted by atomic mass is 9.92. The average Bonchev–Trinajstić information content (AvgIpc) is 2.92. The van der Waals surface area contributed by atoms with Crippen molar-refractivity contribution in [2.45, 2.75) is 13.8 Å². The Labute approximate surface area is 162 Å². The van der Waals surface area contributed by atoms with Crippen molar-refractivity contribution in [3.05, 3.63) is 57.4 Å². The third-order valence-electron chi connectivity index (χ3n) is 4.73. The predicted molar refractivity (Wildman–Crippen MR) is 107 cm³/mol. The number of halogens is 1. The Morgan fingerprint density at radius 3 is 2.42 bits per heavy atom. The fourth-order valence-corrected chi connectivity index (χ4v) is 5.27. The van der Waals surface area contributed by atoms with Crippen LogP contribution in [0.15, 0.2) is 46.9 Å². The third-order valence-corrected chi connectivity index (χ3v) is 7.04. The second kappa shape index (κ2) is 6.25. The van der Waals surface area contributed by atoms with Crippen molar-refractivity contribution in [1.82, 2.24) is 0 Å². The van der Waals surface area contributed by atoms with Crippen LogP contribution < -0.4 is 10.3 Å². The summed E-state index contributed by atoms with van der Waals surface area (Å²) in [5.41, 5.74) is 2.77. The molecule has 2 N–H and O–H groups in total. The predicted octanol–water partition coefficient (Wildman–Crippen LogP) is 5.76. The van der Waals surface area contributed by atoms with E-state index in [1.54, 1.807) is 17.4 Å². The Hall–Kier alpha value is -2.12. The molecule has 3 aromatic carbocycles. The standard InChI is InChI=1S/C20H16BrNO3S/c1-10-11(2)26-20-17(10)18(13-5-3-4-6-14(13)19(20)21)12-7-8-16(23)15(9-12)22(24)25/h3-9,23-25H,1-2H3/p-1. The van der Waals surface area contributed by atoms with Crippen LogP contribution in [-0.2, 0) is 0 Å². The highest BCUT2D eigenvalue weighted by Crippen LogP contribution is 2.47. The Morgan fingerprint density at radius 1 is 1.04 bits per heavy atom. The van der Waals surface area contributed by atoms with E-state index in [0.29, 0.717) is 0 Å². The van der Waals surface area contributed by atoms with Gasteiger partial charge < -0.3 is 5.11 Å². The van der Waals surface area contributed by atoms with Crippen LogP contribution in [0.5, 0.6) is 5.75 Å². The third kappa shape index (κ3) is 2.49. The van der Waals surface area contributed by atoms with Gasteiger partial charge in [-0.3, -0.25) is 10.4 Å². The molecule has 0 atom stereocenters. The summed E-state index contributed by atoms with van der Waals surface area (Å²) in [6.45, 7) is 4.18. The Balaban J connectivity index is 2.21. The van der Waals surface area contributed by atoms with E-state index in [1.807, 2.05) is 18.2 Å². The van der Waals surface area contributed by atoms with Gasteiger partial charge in [-0.05, 0) is 63.3 Å². The molecule has 0 unspecified atom stereocenters. The second-order valence-corrected chi connectivity index (χ2v) is 8.21. The van der Waals surface area contributed by atoms with E-state index in [0.717, 1.165) is 36.5 Å². The van der Waals surface area contributed by atoms with Crippen LogP contribution >= 0.6 is 27.3 Å². The SMILES string of the molecule is Cc1sc2c(Br)c3ccccc3c(-c3ccc([O-])c(N(O)O)c3)c2c1C. The molecule has 4 rings (SSSR count). The van der Waals surface area contributed by atoms with Crippen LogP contribution in [0.25, 0.3) is 32.0 Å². The number of aryl methyl sites for hydroxylation is 2. The summed E-state index contributed by atoms with van der Waals surface area (Å²) in [4.78, 5) is 1.23. The number of benzene rings is 3. The van der Waals surface area contributed by atoms with E-state index >= 15 is 0 Å². The number of thiophene rings is 1. The van der Waals surface area contributed by atoms with E-state index in [2.05, 4.69) is 35.8 Å². The number of rotatable bonds is 2. The summed E-state index contributed by atoms with van der Waals surface area (Å²) < 4.78 is 2.20. The van der Waals surface area contributed by atoms with E-state index in [1.165, 1.54) is 22.6 Å². The fraction of sp³-hybridized carbons (Fsp3) is 0.100. The van der Waals surface area contributed by atoms with Gasteiger partial charge >= 0.3 is 0 Å². The monoisotopic (exact) mass is 428 g/mol. The molecule has 0 aliphatic heterocycles. The number of anilines is 1. The molecule has 6 heteroatoms. The molecule has 1 heterocycles. The molecule has 4 aromatic rings. The zero-order valence-electron chi connectivity index (χ0n) is 14.1. The Bertz CT molecular complexity index is 1170. The smallest absolute Gasteiger partial charge is 0.0870 e. The first-order valence-corrected chi connectivity index (χ1v) is 9.60. The summed E-state index contributed by atoms with van der Waals surface area (Å²) in [5, 5.41) is 33.8. The van der Waals surface area contributed by atoms with Gasteiger partial charge in [0.2, 0.25) is 0 Å². The molecular formula is C20H15BrNO3S-. The van der Waals surface area contributed by atoms with Crippen molar-refractivity contribution in [2.24, 2.45) is 0 Å². The van der Waals surface area contributed by atoms with E-state index in [4.69, 9.17) is 0 Å². The first-order valence-electron chi connectivity index (χ1n) is 7.99. The molecule has 0 spiro atoms. The minimum Gasteiger partial charge on any atom is -0.871 e. The van der Waals surface area contributed by atoms with Crippen molar-refractivity contribution < 1.29 is 15.5 Å². The molecular weight excluding hydrogens is 414 g/mol. The number of nitrogens with zero attached hydrogens (tertiary/aromatic N) is 1. The number of hydrogen-bond acceptors (Lipinski definition) is 5. The summed E-state index contributed by atoms with van der Waals surface area (Å²) in [6, 6.07) is 12.7. The molecule has 0 amide bonds. The summed E-state index contributed by atoms with van der Waals surface area (Å²) in [6.07, 6.45) is 0. The topological polar surface area (TPSA) is 66.8 Å². The lowest BCUT2D eigenvalue weighted by molar-refractivity contribution is -0.268. The maximum atomic E-state index is 11.9. The van der Waals surface area contributed by atoms with Crippen LogP contribution in [0.1, 0.15) is 10.4 Å². The fourth-order valence-electron chi connectivity index (χ4n) is 3.36. The van der Waals surface area contributed by atoms with Gasteiger partial charge in [0.15, 0.2) is 0 Å². The summed E-state index contributed by atoms with van der Waals surface area (Å²) in [5.74, 6) is -0.449. The van der Waals surface area contributed by atoms with Gasteiger partial charge in [0, 0.05) is 14.7 Å². The van der Waals surface area contributed by atoms with Crippen LogP contribution in [0.3, 0.4) is 0 Å². The maximum Gasteiger partial charge on any atom is 0.0870 e. The minimum absolute atomic E-state index is 0.115. The highest BCUT2D eigenvalue weighted by Gasteiger charge is 2.19. The van der Waals surface area contributed by atoms with Crippen molar-refractivity contribution in [1.29, 1.82) is 0 Å². The summed E-state index contributed by atoms with van der Waals surface area (Å²) in [7, 11) is 0. The molecule has 0 aliphatic carbocycles.